The number of hydrogen-bond donors (Lipinski definition) is 1. The van der Waals surface area contributed by atoms with E-state index >= 15 is 0 Å². The molecule has 1 N–H and O–H groups in total. The molecule has 1 amide bonds. The Balaban J connectivity index is 1.79. The van der Waals surface area contributed by atoms with Crippen LogP contribution in [0.1, 0.15) is 29.0 Å². The molecule has 1 aromatic carbocycles. The zero-order valence-corrected chi connectivity index (χ0v) is 13.4. The van der Waals surface area contributed by atoms with Gasteiger partial charge in [0.05, 0.1) is 11.7 Å². The third-order valence-corrected chi connectivity index (χ3v) is 4.02. The molecule has 1 atom stereocenters. The van der Waals surface area contributed by atoms with Crippen LogP contribution in [0, 0.1) is 5.82 Å². The highest BCUT2D eigenvalue weighted by Crippen LogP contribution is 2.22. The van der Waals surface area contributed by atoms with Crippen molar-refractivity contribution in [2.24, 2.45) is 0 Å². The predicted molar refractivity (Wildman–Crippen MR) is 88.7 cm³/mol. The van der Waals surface area contributed by atoms with E-state index in [1.54, 1.807) is 42.5 Å². The van der Waals surface area contributed by atoms with Gasteiger partial charge in [0.25, 0.3) is 5.91 Å². The van der Waals surface area contributed by atoms with Crippen LogP contribution in [0.15, 0.2) is 54.9 Å². The van der Waals surface area contributed by atoms with Gasteiger partial charge in [-0.05, 0) is 48.9 Å². The summed E-state index contributed by atoms with van der Waals surface area (Å²) in [5, 5.41) is 6.90. The van der Waals surface area contributed by atoms with Gasteiger partial charge in [0, 0.05) is 25.0 Å². The van der Waals surface area contributed by atoms with Crippen molar-refractivity contribution < 1.29 is 9.18 Å². The maximum absolute atomic E-state index is 13.0. The van der Waals surface area contributed by atoms with Crippen LogP contribution in [-0.2, 0) is 0 Å². The van der Waals surface area contributed by atoms with Gasteiger partial charge >= 0.3 is 0 Å². The van der Waals surface area contributed by atoms with Crippen LogP contribution in [0.5, 0.6) is 0 Å². The Morgan fingerprint density at radius 2 is 2.00 bits per heavy atom. The zero-order chi connectivity index (χ0) is 17.1. The van der Waals surface area contributed by atoms with Crippen molar-refractivity contribution in [3.8, 4) is 11.3 Å². The van der Waals surface area contributed by atoms with E-state index in [-0.39, 0.29) is 17.8 Å². The second-order valence-electron chi connectivity index (χ2n) is 5.55. The summed E-state index contributed by atoms with van der Waals surface area (Å²) in [4.78, 5) is 18.3. The lowest BCUT2D eigenvalue weighted by Gasteiger charge is -2.24. The van der Waals surface area contributed by atoms with Gasteiger partial charge in [0.2, 0.25) is 0 Å². The molecule has 0 aliphatic carbocycles. The van der Waals surface area contributed by atoms with Gasteiger partial charge in [-0.2, -0.15) is 5.10 Å². The lowest BCUT2D eigenvalue weighted by molar-refractivity contribution is 0.0736. The highest BCUT2D eigenvalue weighted by atomic mass is 19.1. The minimum absolute atomic E-state index is 0.122. The number of nitrogens with zero attached hydrogens (tertiary/aromatic N) is 3. The fraction of sp³-hybridized carbons (Fsp3) is 0.167. The van der Waals surface area contributed by atoms with Crippen molar-refractivity contribution >= 4 is 5.91 Å². The number of carbonyl (C=O) groups excluding carboxylic acids is 1. The van der Waals surface area contributed by atoms with Crippen molar-refractivity contribution in [1.82, 2.24) is 20.1 Å². The largest absolute Gasteiger partial charge is 0.334 e. The number of carbonyl (C=O) groups is 1. The first kappa shape index (κ1) is 15.9. The fourth-order valence-corrected chi connectivity index (χ4v) is 2.41. The molecular formula is C18H17FN4O. The predicted octanol–water partition coefficient (Wildman–Crippen LogP) is 3.44. The van der Waals surface area contributed by atoms with Crippen molar-refractivity contribution in [3.05, 3.63) is 71.9 Å². The number of aromatic amines is 1. The Morgan fingerprint density at radius 3 is 2.67 bits per heavy atom. The number of pyridine rings is 1. The average Bonchev–Trinajstić information content (AvgIpc) is 3.11. The van der Waals surface area contributed by atoms with Crippen LogP contribution in [0.2, 0.25) is 0 Å². The molecule has 0 bridgehead atoms. The number of nitrogens with one attached hydrogen (secondary N) is 1. The van der Waals surface area contributed by atoms with E-state index in [0.29, 0.717) is 11.4 Å². The Labute approximate surface area is 139 Å². The number of hydrogen-bond acceptors (Lipinski definition) is 3. The molecule has 5 nitrogen and oxygen atoms in total. The first-order valence-corrected chi connectivity index (χ1v) is 7.54. The molecule has 0 spiro atoms. The molecule has 2 heterocycles. The Hall–Kier alpha value is -3.02. The molecule has 0 saturated heterocycles. The number of aromatic nitrogens is 3. The van der Waals surface area contributed by atoms with Gasteiger partial charge in [-0.3, -0.25) is 14.9 Å². The van der Waals surface area contributed by atoms with Gasteiger partial charge in [-0.25, -0.2) is 4.39 Å². The van der Waals surface area contributed by atoms with Crippen LogP contribution in [0.3, 0.4) is 0 Å². The lowest BCUT2D eigenvalue weighted by atomic mass is 10.1. The second kappa shape index (κ2) is 6.62. The van der Waals surface area contributed by atoms with Gasteiger partial charge in [-0.15, -0.1) is 0 Å². The maximum atomic E-state index is 13.0. The molecule has 2 aromatic heterocycles. The van der Waals surface area contributed by atoms with Crippen LogP contribution < -0.4 is 0 Å². The molecule has 24 heavy (non-hydrogen) atoms. The first-order chi connectivity index (χ1) is 11.6. The zero-order valence-electron chi connectivity index (χ0n) is 13.4. The Kier molecular flexibility index (Phi) is 4.37. The summed E-state index contributed by atoms with van der Waals surface area (Å²) < 4.78 is 13.0. The van der Waals surface area contributed by atoms with Crippen LogP contribution in [0.25, 0.3) is 11.3 Å². The van der Waals surface area contributed by atoms with Crippen molar-refractivity contribution in [2.45, 2.75) is 13.0 Å². The quantitative estimate of drug-likeness (QED) is 0.799. The van der Waals surface area contributed by atoms with Crippen LogP contribution >= 0.6 is 0 Å². The number of halogens is 1. The minimum atomic E-state index is -0.310. The minimum Gasteiger partial charge on any atom is -0.334 e. The molecule has 0 fully saturated rings. The van der Waals surface area contributed by atoms with Gasteiger partial charge in [0.15, 0.2) is 0 Å². The van der Waals surface area contributed by atoms with Crippen molar-refractivity contribution in [1.29, 1.82) is 0 Å². The van der Waals surface area contributed by atoms with E-state index in [1.165, 1.54) is 12.1 Å². The Morgan fingerprint density at radius 1 is 1.25 bits per heavy atom. The summed E-state index contributed by atoms with van der Waals surface area (Å²) in [6.07, 6.45) is 3.44. The SMILES string of the molecule is C[C@@H](c1cccnc1)N(C)C(=O)c1cc(-c2ccc(F)cc2)n[nH]1. The third-order valence-electron chi connectivity index (χ3n) is 4.02. The van der Waals surface area contributed by atoms with E-state index < -0.39 is 0 Å². The highest BCUT2D eigenvalue weighted by Gasteiger charge is 2.21. The van der Waals surface area contributed by atoms with Gasteiger partial charge < -0.3 is 4.90 Å². The smallest absolute Gasteiger partial charge is 0.272 e. The van der Waals surface area contributed by atoms with Crippen LogP contribution in [0.4, 0.5) is 4.39 Å². The van der Waals surface area contributed by atoms with E-state index in [0.717, 1.165) is 11.1 Å². The molecule has 0 aliphatic heterocycles. The summed E-state index contributed by atoms with van der Waals surface area (Å²) >= 11 is 0. The highest BCUT2D eigenvalue weighted by molar-refractivity contribution is 5.93. The summed E-state index contributed by atoms with van der Waals surface area (Å²) in [5.74, 6) is -0.483. The summed E-state index contributed by atoms with van der Waals surface area (Å²) in [5.41, 5.74) is 2.68. The molecule has 122 valence electrons. The molecule has 0 saturated carbocycles. The molecule has 3 aromatic rings. The molecule has 0 radical (unpaired) electrons. The standard InChI is InChI=1S/C18H17FN4O/c1-12(14-4-3-9-20-11-14)23(2)18(24)17-10-16(21-22-17)13-5-7-15(19)8-6-13/h3-12H,1-2H3,(H,21,22)/t12-/m0/s1. The monoisotopic (exact) mass is 324 g/mol. The summed E-state index contributed by atoms with van der Waals surface area (Å²) in [7, 11) is 1.73. The molecule has 0 unspecified atom stereocenters. The van der Waals surface area contributed by atoms with Crippen LogP contribution in [-0.4, -0.2) is 33.0 Å². The number of rotatable bonds is 4. The topological polar surface area (TPSA) is 61.9 Å². The molecular weight excluding hydrogens is 307 g/mol. The molecule has 6 heteroatoms. The van der Waals surface area contributed by atoms with Gasteiger partial charge in [0.1, 0.15) is 11.5 Å². The summed E-state index contributed by atoms with van der Waals surface area (Å²) in [6.45, 7) is 1.94. The number of H-pyrrole nitrogens is 1. The average molecular weight is 324 g/mol. The van der Waals surface area contributed by atoms with Gasteiger partial charge in [-0.1, -0.05) is 6.07 Å². The molecule has 0 aliphatic rings. The first-order valence-electron chi connectivity index (χ1n) is 7.54. The van der Waals surface area contributed by atoms with Crippen molar-refractivity contribution in [2.75, 3.05) is 7.05 Å². The number of benzene rings is 1. The summed E-state index contributed by atoms with van der Waals surface area (Å²) in [6, 6.07) is 11.3. The van der Waals surface area contributed by atoms with Crippen molar-refractivity contribution in [3.63, 3.8) is 0 Å². The lowest BCUT2D eigenvalue weighted by Crippen LogP contribution is -2.30. The second-order valence-corrected chi connectivity index (χ2v) is 5.55. The van der Waals surface area contributed by atoms with E-state index in [1.807, 2.05) is 19.1 Å². The number of amides is 1. The van der Waals surface area contributed by atoms with E-state index in [4.69, 9.17) is 0 Å². The van der Waals surface area contributed by atoms with E-state index in [2.05, 4.69) is 15.2 Å². The van der Waals surface area contributed by atoms with E-state index in [9.17, 15) is 9.18 Å². The third kappa shape index (κ3) is 3.17. The molecule has 3 rings (SSSR count). The fourth-order valence-electron chi connectivity index (χ4n) is 2.41. The maximum Gasteiger partial charge on any atom is 0.272 e. The Bertz CT molecular complexity index is 830. The normalized spacial score (nSPS) is 12.0.